The number of aryl methyl sites for hydroxylation is 2. The molecule has 3 N–H and O–H groups in total. The summed E-state index contributed by atoms with van der Waals surface area (Å²) in [6, 6.07) is 0. The Balaban J connectivity index is 2.17. The molecule has 1 atom stereocenters. The van der Waals surface area contributed by atoms with Crippen LogP contribution in [0, 0.1) is 12.8 Å². The van der Waals surface area contributed by atoms with Gasteiger partial charge in [-0.15, -0.1) is 0 Å². The van der Waals surface area contributed by atoms with Gasteiger partial charge in [-0.25, -0.2) is 0 Å². The summed E-state index contributed by atoms with van der Waals surface area (Å²) in [5, 5.41) is 13.2. The number of amides is 1. The van der Waals surface area contributed by atoms with Crippen LogP contribution in [0.2, 0.25) is 0 Å². The molecule has 1 fully saturated rings. The number of likely N-dealkylation sites (tertiary alicyclic amines) is 1. The van der Waals surface area contributed by atoms with Crippen LogP contribution in [0.4, 0.5) is 5.69 Å². The molecule has 6 heteroatoms. The van der Waals surface area contributed by atoms with Crippen LogP contribution in [0.25, 0.3) is 0 Å². The van der Waals surface area contributed by atoms with Gasteiger partial charge in [-0.1, -0.05) is 0 Å². The Hall–Kier alpha value is -1.56. The second kappa shape index (κ2) is 5.61. The Morgan fingerprint density at radius 2 is 2.32 bits per heavy atom. The van der Waals surface area contributed by atoms with Crippen molar-refractivity contribution in [2.24, 2.45) is 5.92 Å². The van der Waals surface area contributed by atoms with E-state index in [-0.39, 0.29) is 12.5 Å². The van der Waals surface area contributed by atoms with Crippen LogP contribution in [0.3, 0.4) is 0 Å². The van der Waals surface area contributed by atoms with Crippen LogP contribution in [0.15, 0.2) is 0 Å². The molecule has 106 valence electrons. The van der Waals surface area contributed by atoms with Gasteiger partial charge >= 0.3 is 0 Å². The number of nitrogens with two attached hydrogens (primary N) is 1. The van der Waals surface area contributed by atoms with Crippen LogP contribution in [-0.2, 0) is 6.54 Å². The maximum atomic E-state index is 12.5. The van der Waals surface area contributed by atoms with E-state index in [0.29, 0.717) is 36.1 Å². The van der Waals surface area contributed by atoms with Crippen LogP contribution in [0.5, 0.6) is 0 Å². The van der Waals surface area contributed by atoms with Gasteiger partial charge in [-0.2, -0.15) is 5.10 Å². The number of anilines is 1. The van der Waals surface area contributed by atoms with Gasteiger partial charge in [0, 0.05) is 26.2 Å². The lowest BCUT2D eigenvalue weighted by atomic mass is 10.1. The lowest BCUT2D eigenvalue weighted by molar-refractivity contribution is 0.0773. The fourth-order valence-electron chi connectivity index (χ4n) is 2.63. The molecular weight excluding hydrogens is 244 g/mol. The first-order valence-electron chi connectivity index (χ1n) is 6.81. The number of aliphatic hydroxyl groups is 1. The Bertz CT molecular complexity index is 469. The van der Waals surface area contributed by atoms with E-state index in [2.05, 4.69) is 5.10 Å². The predicted molar refractivity (Wildman–Crippen MR) is 72.8 cm³/mol. The standard InChI is InChI=1S/C13H22N4O2/c1-3-17-12(11(14)9(2)15-17)13(19)16-6-4-10(8-16)5-7-18/h10,18H,3-8,14H2,1-2H3. The maximum Gasteiger partial charge on any atom is 0.274 e. The third-order valence-electron chi connectivity index (χ3n) is 3.79. The van der Waals surface area contributed by atoms with Crippen molar-refractivity contribution in [1.29, 1.82) is 0 Å². The van der Waals surface area contributed by atoms with E-state index in [9.17, 15) is 4.79 Å². The summed E-state index contributed by atoms with van der Waals surface area (Å²) in [6.45, 7) is 6.01. The number of nitrogen functional groups attached to an aromatic ring is 1. The molecule has 2 heterocycles. The van der Waals surface area contributed by atoms with Crippen LogP contribution < -0.4 is 5.73 Å². The predicted octanol–water partition coefficient (Wildman–Crippen LogP) is 0.638. The molecule has 19 heavy (non-hydrogen) atoms. The molecule has 1 amide bonds. The van der Waals surface area contributed by atoms with Gasteiger partial charge < -0.3 is 15.7 Å². The van der Waals surface area contributed by atoms with E-state index in [1.165, 1.54) is 0 Å². The summed E-state index contributed by atoms with van der Waals surface area (Å²) >= 11 is 0. The van der Waals surface area contributed by atoms with E-state index in [4.69, 9.17) is 10.8 Å². The van der Waals surface area contributed by atoms with Gasteiger partial charge in [0.25, 0.3) is 5.91 Å². The number of nitrogens with zero attached hydrogens (tertiary/aromatic N) is 3. The molecule has 0 bridgehead atoms. The zero-order valence-corrected chi connectivity index (χ0v) is 11.6. The number of aromatic nitrogens is 2. The quantitative estimate of drug-likeness (QED) is 0.837. The first-order valence-corrected chi connectivity index (χ1v) is 6.81. The molecular formula is C13H22N4O2. The van der Waals surface area contributed by atoms with E-state index in [1.54, 1.807) is 4.68 Å². The highest BCUT2D eigenvalue weighted by Crippen LogP contribution is 2.24. The zero-order chi connectivity index (χ0) is 14.0. The molecule has 0 saturated carbocycles. The Labute approximate surface area is 113 Å². The van der Waals surface area contributed by atoms with Crippen molar-refractivity contribution in [3.8, 4) is 0 Å². The average molecular weight is 266 g/mol. The minimum absolute atomic E-state index is 0.0413. The number of carbonyl (C=O) groups excluding carboxylic acids is 1. The summed E-state index contributed by atoms with van der Waals surface area (Å²) < 4.78 is 1.67. The van der Waals surface area contributed by atoms with Gasteiger partial charge in [-0.05, 0) is 32.6 Å². The molecule has 1 saturated heterocycles. The number of hydrogen-bond donors (Lipinski definition) is 2. The number of rotatable bonds is 4. The average Bonchev–Trinajstić information content (AvgIpc) is 2.96. The molecule has 1 aliphatic heterocycles. The van der Waals surface area contributed by atoms with Crippen LogP contribution in [0.1, 0.15) is 35.9 Å². The summed E-state index contributed by atoms with van der Waals surface area (Å²) in [6.07, 6.45) is 1.71. The van der Waals surface area contributed by atoms with Crippen LogP contribution in [-0.4, -0.2) is 45.4 Å². The Morgan fingerprint density at radius 3 is 2.95 bits per heavy atom. The van der Waals surface area contributed by atoms with E-state index >= 15 is 0 Å². The van der Waals surface area contributed by atoms with Crippen molar-refractivity contribution in [3.05, 3.63) is 11.4 Å². The Kier molecular flexibility index (Phi) is 4.09. The first-order chi connectivity index (χ1) is 9.08. The molecule has 2 rings (SSSR count). The number of carbonyl (C=O) groups is 1. The van der Waals surface area contributed by atoms with Crippen molar-refractivity contribution >= 4 is 11.6 Å². The fraction of sp³-hybridized carbons (Fsp3) is 0.692. The molecule has 6 nitrogen and oxygen atoms in total. The summed E-state index contributed by atoms with van der Waals surface area (Å²) in [5.41, 5.74) is 7.66. The van der Waals surface area contributed by atoms with E-state index < -0.39 is 0 Å². The van der Waals surface area contributed by atoms with E-state index in [0.717, 1.165) is 19.4 Å². The molecule has 1 aliphatic rings. The Morgan fingerprint density at radius 1 is 1.58 bits per heavy atom. The smallest absolute Gasteiger partial charge is 0.274 e. The second-order valence-electron chi connectivity index (χ2n) is 5.08. The van der Waals surface area contributed by atoms with Crippen molar-refractivity contribution in [3.63, 3.8) is 0 Å². The summed E-state index contributed by atoms with van der Waals surface area (Å²) in [7, 11) is 0. The highest BCUT2D eigenvalue weighted by molar-refractivity contribution is 5.98. The summed E-state index contributed by atoms with van der Waals surface area (Å²) in [5.74, 6) is 0.356. The molecule has 1 aromatic heterocycles. The zero-order valence-electron chi connectivity index (χ0n) is 11.6. The number of hydrogen-bond acceptors (Lipinski definition) is 4. The minimum Gasteiger partial charge on any atom is -0.396 e. The van der Waals surface area contributed by atoms with E-state index in [1.807, 2.05) is 18.7 Å². The topological polar surface area (TPSA) is 84.4 Å². The highest BCUT2D eigenvalue weighted by Gasteiger charge is 2.30. The highest BCUT2D eigenvalue weighted by atomic mass is 16.3. The van der Waals surface area contributed by atoms with Gasteiger partial charge in [0.15, 0.2) is 0 Å². The fourth-order valence-corrected chi connectivity index (χ4v) is 2.63. The van der Waals surface area contributed by atoms with Crippen molar-refractivity contribution in [2.75, 3.05) is 25.4 Å². The first kappa shape index (κ1) is 13.9. The third-order valence-corrected chi connectivity index (χ3v) is 3.79. The molecule has 1 unspecified atom stereocenters. The third kappa shape index (κ3) is 2.58. The normalized spacial score (nSPS) is 19.1. The van der Waals surface area contributed by atoms with Crippen molar-refractivity contribution in [1.82, 2.24) is 14.7 Å². The van der Waals surface area contributed by atoms with Crippen molar-refractivity contribution in [2.45, 2.75) is 33.2 Å². The number of aliphatic hydroxyl groups excluding tert-OH is 1. The van der Waals surface area contributed by atoms with Gasteiger partial charge in [0.1, 0.15) is 5.69 Å². The van der Waals surface area contributed by atoms with Crippen molar-refractivity contribution < 1.29 is 9.90 Å². The molecule has 0 spiro atoms. The second-order valence-corrected chi connectivity index (χ2v) is 5.08. The largest absolute Gasteiger partial charge is 0.396 e. The van der Waals surface area contributed by atoms with Gasteiger partial charge in [0.05, 0.1) is 11.4 Å². The lowest BCUT2D eigenvalue weighted by Gasteiger charge is -2.17. The maximum absolute atomic E-state index is 12.5. The molecule has 0 aromatic carbocycles. The molecule has 0 aliphatic carbocycles. The van der Waals surface area contributed by atoms with Gasteiger partial charge in [0.2, 0.25) is 0 Å². The van der Waals surface area contributed by atoms with Gasteiger partial charge in [-0.3, -0.25) is 9.48 Å². The minimum atomic E-state index is -0.0413. The molecule has 1 aromatic rings. The lowest BCUT2D eigenvalue weighted by Crippen LogP contribution is -2.31. The SMILES string of the molecule is CCn1nc(C)c(N)c1C(=O)N1CCC(CCO)C1. The molecule has 0 radical (unpaired) electrons. The summed E-state index contributed by atoms with van der Waals surface area (Å²) in [4.78, 5) is 14.4. The monoisotopic (exact) mass is 266 g/mol. The van der Waals surface area contributed by atoms with Crippen LogP contribution >= 0.6 is 0 Å².